The smallest absolute Gasteiger partial charge is 0.358 e. The first-order valence-electron chi connectivity index (χ1n) is 4.66. The highest BCUT2D eigenvalue weighted by atomic mass is 32.2. The Morgan fingerprint density at radius 2 is 2.24 bits per heavy atom. The maximum atomic E-state index is 11.3. The Morgan fingerprint density at radius 3 is 2.88 bits per heavy atom. The third-order valence-electron chi connectivity index (χ3n) is 1.78. The zero-order chi connectivity index (χ0) is 12.3. The van der Waals surface area contributed by atoms with E-state index in [1.165, 1.54) is 31.3 Å². The lowest BCUT2D eigenvalue weighted by Crippen LogP contribution is -2.05. The van der Waals surface area contributed by atoms with Crippen LogP contribution in [0.3, 0.4) is 0 Å². The molecule has 0 amide bonds. The minimum atomic E-state index is -0.522. The molecule has 0 bridgehead atoms. The number of aromatic amines is 1. The van der Waals surface area contributed by atoms with Crippen molar-refractivity contribution in [3.05, 3.63) is 23.9 Å². The van der Waals surface area contributed by atoms with Crippen molar-refractivity contribution in [2.24, 2.45) is 0 Å². The van der Waals surface area contributed by atoms with Gasteiger partial charge >= 0.3 is 5.97 Å². The van der Waals surface area contributed by atoms with Crippen LogP contribution in [0.25, 0.3) is 0 Å². The fourth-order valence-electron chi connectivity index (χ4n) is 1.06. The third kappa shape index (κ3) is 2.78. The average molecular weight is 251 g/mol. The van der Waals surface area contributed by atoms with Gasteiger partial charge in [-0.25, -0.2) is 14.8 Å². The number of aromatic nitrogens is 5. The lowest BCUT2D eigenvalue weighted by atomic mass is 10.5. The van der Waals surface area contributed by atoms with Crippen LogP contribution in [-0.2, 0) is 4.74 Å². The second-order valence-corrected chi connectivity index (χ2v) is 4.03. The molecule has 0 aliphatic heterocycles. The Balaban J connectivity index is 2.19. The number of hydrogen-bond acceptors (Lipinski definition) is 7. The Hall–Kier alpha value is -1.96. The number of nitrogens with zero attached hydrogens (tertiary/aromatic N) is 4. The highest BCUT2D eigenvalue weighted by Crippen LogP contribution is 2.21. The Kier molecular flexibility index (Phi) is 3.33. The maximum Gasteiger partial charge on any atom is 0.358 e. The largest absolute Gasteiger partial charge is 0.464 e. The van der Waals surface area contributed by atoms with E-state index in [9.17, 15) is 4.79 Å². The molecule has 0 radical (unpaired) electrons. The maximum absolute atomic E-state index is 11.3. The number of ether oxygens (including phenoxy) is 1. The van der Waals surface area contributed by atoms with E-state index < -0.39 is 5.97 Å². The standard InChI is InChI=1S/C9H9N5O2S/c1-5-11-9(14-13-5)17-7-4-10-3-6(12-7)8(15)16-2/h3-4H,1-2H3,(H,11,13,14). The first kappa shape index (κ1) is 11.5. The molecule has 0 saturated heterocycles. The Bertz CT molecular complexity index is 542. The minimum absolute atomic E-state index is 0.157. The minimum Gasteiger partial charge on any atom is -0.464 e. The van der Waals surface area contributed by atoms with Gasteiger partial charge in [-0.05, 0) is 18.7 Å². The van der Waals surface area contributed by atoms with Gasteiger partial charge in [0.25, 0.3) is 0 Å². The fraction of sp³-hybridized carbons (Fsp3) is 0.222. The molecule has 2 aromatic heterocycles. The molecule has 7 nitrogen and oxygen atoms in total. The molecular formula is C9H9N5O2S. The normalized spacial score (nSPS) is 10.2. The lowest BCUT2D eigenvalue weighted by molar-refractivity contribution is 0.0592. The summed E-state index contributed by atoms with van der Waals surface area (Å²) in [5.41, 5.74) is 0.157. The molecule has 2 rings (SSSR count). The van der Waals surface area contributed by atoms with Crippen LogP contribution in [-0.4, -0.2) is 38.2 Å². The van der Waals surface area contributed by atoms with Crippen molar-refractivity contribution in [3.8, 4) is 0 Å². The van der Waals surface area contributed by atoms with Gasteiger partial charge in [0.15, 0.2) is 5.69 Å². The topological polar surface area (TPSA) is 93.7 Å². The van der Waals surface area contributed by atoms with Crippen molar-refractivity contribution >= 4 is 17.7 Å². The molecule has 2 heterocycles. The molecule has 0 spiro atoms. The molecule has 0 atom stereocenters. The number of carbonyl (C=O) groups excluding carboxylic acids is 1. The van der Waals surface area contributed by atoms with Gasteiger partial charge in [0.2, 0.25) is 5.16 Å². The van der Waals surface area contributed by atoms with E-state index in [0.717, 1.165) is 0 Å². The molecule has 0 fully saturated rings. The van der Waals surface area contributed by atoms with Gasteiger partial charge < -0.3 is 4.74 Å². The average Bonchev–Trinajstić information content (AvgIpc) is 2.74. The predicted octanol–water partition coefficient (Wildman–Crippen LogP) is 0.841. The summed E-state index contributed by atoms with van der Waals surface area (Å²) in [5.74, 6) is 0.190. The van der Waals surface area contributed by atoms with E-state index in [1.807, 2.05) is 0 Å². The third-order valence-corrected chi connectivity index (χ3v) is 2.55. The number of esters is 1. The second-order valence-electron chi connectivity index (χ2n) is 3.04. The summed E-state index contributed by atoms with van der Waals surface area (Å²) in [5, 5.41) is 7.73. The molecule has 0 aliphatic rings. The van der Waals surface area contributed by atoms with E-state index in [0.29, 0.717) is 16.0 Å². The molecule has 0 unspecified atom stereocenters. The van der Waals surface area contributed by atoms with Gasteiger partial charge in [0.05, 0.1) is 19.5 Å². The van der Waals surface area contributed by atoms with Crippen molar-refractivity contribution in [1.82, 2.24) is 25.1 Å². The Morgan fingerprint density at radius 1 is 1.41 bits per heavy atom. The summed E-state index contributed by atoms with van der Waals surface area (Å²) < 4.78 is 4.56. The van der Waals surface area contributed by atoms with Crippen LogP contribution in [0.1, 0.15) is 16.3 Å². The SMILES string of the molecule is COC(=O)c1cncc(Sc2n[nH]c(C)n2)n1. The first-order valence-corrected chi connectivity index (χ1v) is 5.48. The van der Waals surface area contributed by atoms with Crippen LogP contribution in [0.4, 0.5) is 0 Å². The molecule has 0 aliphatic carbocycles. The predicted molar refractivity (Wildman–Crippen MR) is 58.6 cm³/mol. The zero-order valence-electron chi connectivity index (χ0n) is 9.17. The highest BCUT2D eigenvalue weighted by Gasteiger charge is 2.10. The number of H-pyrrole nitrogens is 1. The van der Waals surface area contributed by atoms with Crippen LogP contribution in [0.2, 0.25) is 0 Å². The fourth-order valence-corrected chi connectivity index (χ4v) is 1.78. The van der Waals surface area contributed by atoms with E-state index in [1.54, 1.807) is 6.92 Å². The van der Waals surface area contributed by atoms with Crippen molar-refractivity contribution in [3.63, 3.8) is 0 Å². The van der Waals surface area contributed by atoms with Gasteiger partial charge in [0.1, 0.15) is 10.9 Å². The molecule has 0 saturated carbocycles. The zero-order valence-corrected chi connectivity index (χ0v) is 9.98. The van der Waals surface area contributed by atoms with Crippen LogP contribution in [0.15, 0.2) is 22.6 Å². The number of nitrogens with one attached hydrogen (secondary N) is 1. The number of carbonyl (C=O) groups is 1. The van der Waals surface area contributed by atoms with Crippen molar-refractivity contribution in [2.75, 3.05) is 7.11 Å². The highest BCUT2D eigenvalue weighted by molar-refractivity contribution is 7.99. The van der Waals surface area contributed by atoms with E-state index in [2.05, 4.69) is 29.9 Å². The second kappa shape index (κ2) is 4.91. The molecule has 0 aromatic carbocycles. The van der Waals surface area contributed by atoms with Gasteiger partial charge in [-0.15, -0.1) is 5.10 Å². The van der Waals surface area contributed by atoms with Gasteiger partial charge in [0, 0.05) is 0 Å². The molecule has 2 aromatic rings. The van der Waals surface area contributed by atoms with Crippen molar-refractivity contribution < 1.29 is 9.53 Å². The summed E-state index contributed by atoms with van der Waals surface area (Å²) in [6, 6.07) is 0. The molecular weight excluding hydrogens is 242 g/mol. The Labute approximate surface area is 101 Å². The van der Waals surface area contributed by atoms with Crippen LogP contribution < -0.4 is 0 Å². The summed E-state index contributed by atoms with van der Waals surface area (Å²) in [6.45, 7) is 1.80. The number of aryl methyl sites for hydroxylation is 1. The monoisotopic (exact) mass is 251 g/mol. The van der Waals surface area contributed by atoms with Gasteiger partial charge in [-0.2, -0.15) is 0 Å². The van der Waals surface area contributed by atoms with Crippen molar-refractivity contribution in [1.29, 1.82) is 0 Å². The molecule has 8 heteroatoms. The summed E-state index contributed by atoms with van der Waals surface area (Å²) in [7, 11) is 1.29. The number of hydrogen-bond donors (Lipinski definition) is 1. The van der Waals surface area contributed by atoms with Gasteiger partial charge in [-0.1, -0.05) is 0 Å². The van der Waals surface area contributed by atoms with E-state index in [-0.39, 0.29) is 5.69 Å². The van der Waals surface area contributed by atoms with Crippen LogP contribution >= 0.6 is 11.8 Å². The van der Waals surface area contributed by atoms with Crippen LogP contribution in [0, 0.1) is 6.92 Å². The summed E-state index contributed by atoms with van der Waals surface area (Å²) in [6.07, 6.45) is 2.88. The number of rotatable bonds is 3. The van der Waals surface area contributed by atoms with Crippen LogP contribution in [0.5, 0.6) is 0 Å². The molecule has 17 heavy (non-hydrogen) atoms. The van der Waals surface area contributed by atoms with Crippen molar-refractivity contribution in [2.45, 2.75) is 17.1 Å². The summed E-state index contributed by atoms with van der Waals surface area (Å²) in [4.78, 5) is 23.4. The molecule has 88 valence electrons. The lowest BCUT2D eigenvalue weighted by Gasteiger charge is -1.99. The van der Waals surface area contributed by atoms with E-state index in [4.69, 9.17) is 0 Å². The van der Waals surface area contributed by atoms with E-state index >= 15 is 0 Å². The first-order chi connectivity index (χ1) is 8.19. The van der Waals surface area contributed by atoms with Gasteiger partial charge in [-0.3, -0.25) is 10.1 Å². The quantitative estimate of drug-likeness (QED) is 0.808. The number of methoxy groups -OCH3 is 1. The molecule has 1 N–H and O–H groups in total. The summed E-state index contributed by atoms with van der Waals surface area (Å²) >= 11 is 1.22.